The van der Waals surface area contributed by atoms with Gasteiger partial charge in [0.2, 0.25) is 10.0 Å². The zero-order chi connectivity index (χ0) is 13.2. The lowest BCUT2D eigenvalue weighted by atomic mass is 10.6. The molecule has 3 N–H and O–H groups in total. The van der Waals surface area contributed by atoms with Crippen molar-refractivity contribution in [2.45, 2.75) is 4.90 Å². The number of nitrogens with one attached hydrogen (secondary N) is 1. The van der Waals surface area contributed by atoms with Gasteiger partial charge in [0.05, 0.1) is 0 Å². The molecule has 0 bridgehead atoms. The molecule has 1 aromatic heterocycles. The molecule has 0 atom stereocenters. The highest BCUT2D eigenvalue weighted by Crippen LogP contribution is 1.98. The first-order valence-electron chi connectivity index (χ1n) is 4.77. The van der Waals surface area contributed by atoms with Gasteiger partial charge >= 0.3 is 5.69 Å². The van der Waals surface area contributed by atoms with Crippen LogP contribution >= 0.6 is 0 Å². The smallest absolute Gasteiger partial charge is 0.329 e. The van der Waals surface area contributed by atoms with Crippen LogP contribution in [0.1, 0.15) is 0 Å². The monoisotopic (exact) mass is 262 g/mol. The maximum Gasteiger partial charge on any atom is 0.330 e. The fraction of sp³-hybridized carbons (Fsp3) is 0.500. The van der Waals surface area contributed by atoms with Crippen molar-refractivity contribution in [2.24, 2.45) is 19.8 Å². The van der Waals surface area contributed by atoms with E-state index >= 15 is 0 Å². The first kappa shape index (κ1) is 13.6. The van der Waals surface area contributed by atoms with E-state index in [0.717, 1.165) is 15.3 Å². The predicted molar refractivity (Wildman–Crippen MR) is 61.2 cm³/mol. The van der Waals surface area contributed by atoms with E-state index in [0.29, 0.717) is 0 Å². The Balaban J connectivity index is 3.44. The van der Waals surface area contributed by atoms with Gasteiger partial charge in [0.25, 0.3) is 5.56 Å². The van der Waals surface area contributed by atoms with Crippen LogP contribution in [0.15, 0.2) is 20.7 Å². The second kappa shape index (κ2) is 4.82. The number of hydrogen-bond acceptors (Lipinski definition) is 5. The third-order valence-corrected chi connectivity index (χ3v) is 3.58. The quantitative estimate of drug-likeness (QED) is 0.613. The molecule has 0 saturated carbocycles. The number of aryl methyl sites for hydroxylation is 1. The van der Waals surface area contributed by atoms with Crippen LogP contribution < -0.4 is 21.7 Å². The topological polar surface area (TPSA) is 116 Å². The lowest BCUT2D eigenvalue weighted by Gasteiger charge is -2.08. The van der Waals surface area contributed by atoms with Crippen LogP contribution in [-0.2, 0) is 24.1 Å². The lowest BCUT2D eigenvalue weighted by Crippen LogP contribution is -2.42. The van der Waals surface area contributed by atoms with Crippen LogP contribution in [0.25, 0.3) is 0 Å². The van der Waals surface area contributed by atoms with Crippen LogP contribution in [0.2, 0.25) is 0 Å². The Labute approximate surface area is 97.7 Å². The van der Waals surface area contributed by atoms with Gasteiger partial charge in [0, 0.05) is 33.4 Å². The Bertz CT molecular complexity index is 628. The molecule has 1 rings (SSSR count). The third kappa shape index (κ3) is 2.62. The molecule has 0 saturated heterocycles. The Morgan fingerprint density at radius 2 is 1.94 bits per heavy atom. The van der Waals surface area contributed by atoms with Crippen molar-refractivity contribution in [3.05, 3.63) is 27.0 Å². The maximum atomic E-state index is 11.7. The van der Waals surface area contributed by atoms with Gasteiger partial charge in [-0.05, 0) is 0 Å². The van der Waals surface area contributed by atoms with E-state index < -0.39 is 26.2 Å². The Kier molecular flexibility index (Phi) is 3.86. The van der Waals surface area contributed by atoms with E-state index in [-0.39, 0.29) is 13.1 Å². The summed E-state index contributed by atoms with van der Waals surface area (Å²) in [7, 11) is -1.36. The zero-order valence-electron chi connectivity index (χ0n) is 9.50. The lowest BCUT2D eigenvalue weighted by molar-refractivity contribution is 0.571. The number of aromatic nitrogens is 2. The Morgan fingerprint density at radius 3 is 2.47 bits per heavy atom. The molecule has 1 aromatic rings. The molecule has 0 fully saturated rings. The van der Waals surface area contributed by atoms with Gasteiger partial charge in [-0.25, -0.2) is 17.9 Å². The van der Waals surface area contributed by atoms with Crippen molar-refractivity contribution < 1.29 is 8.42 Å². The molecule has 0 aromatic carbocycles. The predicted octanol–water partition coefficient (Wildman–Crippen LogP) is -2.68. The molecule has 0 unspecified atom stereocenters. The number of nitrogens with zero attached hydrogens (tertiary/aromatic N) is 2. The summed E-state index contributed by atoms with van der Waals surface area (Å²) in [6.07, 6.45) is 0.990. The molecule has 0 radical (unpaired) electrons. The minimum Gasteiger partial charge on any atom is -0.329 e. The van der Waals surface area contributed by atoms with E-state index in [1.165, 1.54) is 14.1 Å². The standard InChI is InChI=1S/C8H14N4O4S/c1-11-5-6(7(13)12(2)8(11)14)17(15,16)10-4-3-9/h5,10H,3-4,9H2,1-2H3. The summed E-state index contributed by atoms with van der Waals surface area (Å²) in [5, 5.41) is 0. The summed E-state index contributed by atoms with van der Waals surface area (Å²) < 4.78 is 27.4. The molecule has 8 nitrogen and oxygen atoms in total. The molecule has 0 aliphatic rings. The molecule has 96 valence electrons. The maximum absolute atomic E-state index is 11.7. The molecule has 0 aliphatic carbocycles. The summed E-state index contributed by atoms with van der Waals surface area (Å²) in [5.41, 5.74) is 3.72. The van der Waals surface area contributed by atoms with Crippen molar-refractivity contribution in [1.29, 1.82) is 0 Å². The van der Waals surface area contributed by atoms with Crippen molar-refractivity contribution in [2.75, 3.05) is 13.1 Å². The van der Waals surface area contributed by atoms with Crippen molar-refractivity contribution in [1.82, 2.24) is 13.9 Å². The van der Waals surface area contributed by atoms with Gasteiger partial charge in [-0.2, -0.15) is 0 Å². The van der Waals surface area contributed by atoms with Gasteiger partial charge in [0.1, 0.15) is 0 Å². The van der Waals surface area contributed by atoms with Gasteiger partial charge < -0.3 is 10.3 Å². The van der Waals surface area contributed by atoms with Crippen LogP contribution in [0.5, 0.6) is 0 Å². The van der Waals surface area contributed by atoms with Crippen LogP contribution in [0, 0.1) is 0 Å². The van der Waals surface area contributed by atoms with E-state index in [9.17, 15) is 18.0 Å². The second-order valence-corrected chi connectivity index (χ2v) is 5.17. The van der Waals surface area contributed by atoms with Gasteiger partial charge in [0.15, 0.2) is 4.90 Å². The molecular weight excluding hydrogens is 248 g/mol. The van der Waals surface area contributed by atoms with Crippen molar-refractivity contribution in [3.63, 3.8) is 0 Å². The summed E-state index contributed by atoms with van der Waals surface area (Å²) in [4.78, 5) is 22.5. The molecule has 9 heteroatoms. The van der Waals surface area contributed by atoms with Gasteiger partial charge in [-0.15, -0.1) is 0 Å². The number of nitrogens with two attached hydrogens (primary N) is 1. The Hall–Kier alpha value is -1.45. The first-order valence-corrected chi connectivity index (χ1v) is 6.26. The van der Waals surface area contributed by atoms with E-state index in [1.807, 2.05) is 0 Å². The summed E-state index contributed by atoms with van der Waals surface area (Å²) in [5.74, 6) is 0. The fourth-order valence-electron chi connectivity index (χ4n) is 1.23. The molecule has 17 heavy (non-hydrogen) atoms. The summed E-state index contributed by atoms with van der Waals surface area (Å²) >= 11 is 0. The van der Waals surface area contributed by atoms with Crippen LogP contribution in [0.4, 0.5) is 0 Å². The minimum atomic E-state index is -3.94. The normalized spacial score (nSPS) is 11.7. The molecule has 0 aliphatic heterocycles. The van der Waals surface area contributed by atoms with Gasteiger partial charge in [-0.1, -0.05) is 0 Å². The Morgan fingerprint density at radius 1 is 1.35 bits per heavy atom. The molecule has 0 amide bonds. The van der Waals surface area contributed by atoms with E-state index in [4.69, 9.17) is 5.73 Å². The van der Waals surface area contributed by atoms with Gasteiger partial charge in [-0.3, -0.25) is 9.36 Å². The third-order valence-electron chi connectivity index (χ3n) is 2.14. The second-order valence-electron chi connectivity index (χ2n) is 3.44. The largest absolute Gasteiger partial charge is 0.330 e. The average molecular weight is 262 g/mol. The molecule has 1 heterocycles. The highest BCUT2D eigenvalue weighted by atomic mass is 32.2. The number of rotatable bonds is 4. The first-order chi connectivity index (χ1) is 7.81. The van der Waals surface area contributed by atoms with Crippen LogP contribution in [0.3, 0.4) is 0 Å². The highest BCUT2D eigenvalue weighted by molar-refractivity contribution is 7.89. The zero-order valence-corrected chi connectivity index (χ0v) is 10.3. The molecule has 0 spiro atoms. The van der Waals surface area contributed by atoms with E-state index in [1.54, 1.807) is 0 Å². The number of hydrogen-bond donors (Lipinski definition) is 2. The molecular formula is C8H14N4O4S. The van der Waals surface area contributed by atoms with Crippen molar-refractivity contribution >= 4 is 10.0 Å². The highest BCUT2D eigenvalue weighted by Gasteiger charge is 2.20. The van der Waals surface area contributed by atoms with Crippen LogP contribution in [-0.4, -0.2) is 30.6 Å². The fourth-order valence-corrected chi connectivity index (χ4v) is 2.44. The minimum absolute atomic E-state index is 0.0222. The summed E-state index contributed by atoms with van der Waals surface area (Å²) in [6.45, 7) is 0.139. The SMILES string of the molecule is Cn1cc(S(=O)(=O)NCCN)c(=O)n(C)c1=O. The number of sulfonamides is 1. The summed E-state index contributed by atoms with van der Waals surface area (Å²) in [6, 6.07) is 0. The average Bonchev–Trinajstić information content (AvgIpc) is 2.28. The van der Waals surface area contributed by atoms with E-state index in [2.05, 4.69) is 4.72 Å². The van der Waals surface area contributed by atoms with Crippen molar-refractivity contribution in [3.8, 4) is 0 Å².